The van der Waals surface area contributed by atoms with Crippen molar-refractivity contribution in [3.63, 3.8) is 0 Å². The van der Waals surface area contributed by atoms with Crippen LogP contribution in [0.15, 0.2) is 66.7 Å². The van der Waals surface area contributed by atoms with E-state index >= 15 is 0 Å². The molecule has 38 heavy (non-hydrogen) atoms. The van der Waals surface area contributed by atoms with Gasteiger partial charge in [0, 0.05) is 19.6 Å². The third-order valence-electron chi connectivity index (χ3n) is 8.14. The van der Waals surface area contributed by atoms with E-state index in [2.05, 4.69) is 90.4 Å². The number of aryl methyl sites for hydroxylation is 3. The van der Waals surface area contributed by atoms with Gasteiger partial charge >= 0.3 is 0 Å². The fourth-order valence-corrected chi connectivity index (χ4v) is 5.90. The molecule has 3 nitrogen and oxygen atoms in total. The van der Waals surface area contributed by atoms with Gasteiger partial charge in [-0.3, -0.25) is 9.80 Å². The van der Waals surface area contributed by atoms with Crippen LogP contribution in [0.2, 0.25) is 0 Å². The minimum atomic E-state index is 0. The summed E-state index contributed by atoms with van der Waals surface area (Å²) in [4.78, 5) is 5.21. The Morgan fingerprint density at radius 3 is 2.39 bits per heavy atom. The predicted molar refractivity (Wildman–Crippen MR) is 164 cm³/mol. The number of halogens is 2. The molecule has 0 bridgehead atoms. The molecule has 1 saturated heterocycles. The van der Waals surface area contributed by atoms with Crippen LogP contribution >= 0.6 is 24.8 Å². The zero-order chi connectivity index (χ0) is 24.7. The monoisotopic (exact) mass is 554 g/mol. The van der Waals surface area contributed by atoms with Gasteiger partial charge in [0.15, 0.2) is 0 Å². The Balaban J connectivity index is 0.00000200. The van der Waals surface area contributed by atoms with Crippen LogP contribution in [0.4, 0.5) is 0 Å². The molecule has 2 aliphatic heterocycles. The molecule has 0 unspecified atom stereocenters. The molecule has 0 saturated carbocycles. The van der Waals surface area contributed by atoms with Gasteiger partial charge in [0.1, 0.15) is 5.75 Å². The number of ether oxygens (including phenoxy) is 1. The molecule has 0 aromatic heterocycles. The van der Waals surface area contributed by atoms with Gasteiger partial charge in [0.2, 0.25) is 0 Å². The highest BCUT2D eigenvalue weighted by Gasteiger charge is 2.20. The maximum Gasteiger partial charge on any atom is 0.119 e. The molecule has 0 radical (unpaired) electrons. The molecule has 2 heterocycles. The van der Waals surface area contributed by atoms with Gasteiger partial charge in [-0.05, 0) is 111 Å². The zero-order valence-corrected chi connectivity index (χ0v) is 24.7. The Labute approximate surface area is 242 Å². The minimum absolute atomic E-state index is 0. The number of nitrogens with zero attached hydrogens (tertiary/aromatic N) is 2. The van der Waals surface area contributed by atoms with E-state index in [9.17, 15) is 0 Å². The lowest BCUT2D eigenvalue weighted by atomic mass is 9.93. The first-order chi connectivity index (χ1) is 17.6. The largest absolute Gasteiger partial charge is 0.494 e. The number of piperidine rings is 1. The third-order valence-corrected chi connectivity index (χ3v) is 8.14. The molecule has 5 rings (SSSR count). The summed E-state index contributed by atoms with van der Waals surface area (Å²) in [6.07, 6.45) is 6.12. The quantitative estimate of drug-likeness (QED) is 0.282. The highest BCUT2D eigenvalue weighted by atomic mass is 35.5. The second-order valence-electron chi connectivity index (χ2n) is 11.0. The van der Waals surface area contributed by atoms with Gasteiger partial charge in [-0.15, -0.1) is 24.8 Å². The van der Waals surface area contributed by atoms with E-state index < -0.39 is 0 Å². The third kappa shape index (κ3) is 8.48. The van der Waals surface area contributed by atoms with Gasteiger partial charge in [-0.25, -0.2) is 0 Å². The van der Waals surface area contributed by atoms with Crippen LogP contribution in [0.5, 0.6) is 5.75 Å². The first kappa shape index (κ1) is 30.5. The molecule has 0 spiro atoms. The Morgan fingerprint density at radius 2 is 1.61 bits per heavy atom. The summed E-state index contributed by atoms with van der Waals surface area (Å²) in [6, 6.07) is 24.5. The van der Waals surface area contributed by atoms with Crippen LogP contribution in [0.3, 0.4) is 0 Å². The maximum absolute atomic E-state index is 6.29. The molecule has 3 aromatic carbocycles. The smallest absolute Gasteiger partial charge is 0.119 e. The van der Waals surface area contributed by atoms with Gasteiger partial charge in [0.25, 0.3) is 0 Å². The number of likely N-dealkylation sites (tertiary alicyclic amines) is 1. The predicted octanol–water partition coefficient (Wildman–Crippen LogP) is 7.78. The Bertz CT molecular complexity index is 1140. The lowest BCUT2D eigenvalue weighted by molar-refractivity contribution is 0.157. The van der Waals surface area contributed by atoms with Crippen molar-refractivity contribution in [3.05, 3.63) is 100 Å². The fraction of sp³-hybridized carbons (Fsp3) is 0.455. The molecular formula is C33H44Cl2N2O. The first-order valence-corrected chi connectivity index (χ1v) is 13.9. The van der Waals surface area contributed by atoms with Gasteiger partial charge in [0.05, 0.1) is 6.61 Å². The number of benzene rings is 3. The Hall–Kier alpha value is -2.04. The van der Waals surface area contributed by atoms with Crippen molar-refractivity contribution < 1.29 is 4.74 Å². The topological polar surface area (TPSA) is 15.7 Å². The van der Waals surface area contributed by atoms with Gasteiger partial charge in [-0.1, -0.05) is 60.2 Å². The number of rotatable bonds is 8. The Kier molecular flexibility index (Phi) is 12.0. The molecule has 0 N–H and O–H groups in total. The molecule has 2 aliphatic rings. The van der Waals surface area contributed by atoms with Gasteiger partial charge in [-0.2, -0.15) is 0 Å². The van der Waals surface area contributed by atoms with Crippen molar-refractivity contribution in [3.8, 4) is 5.75 Å². The average Bonchev–Trinajstić information content (AvgIpc) is 3.08. The standard InChI is InChI=1S/C33H42N2O.2ClH/c1-26-7-5-9-29(21-26)23-35-17-6-11-30-12-13-33(22-32(30)25-35)36-20-16-28-14-18-34(19-15-28)24-31-10-4-3-8-27(31)2;;/h3-5,7-10,12-13,21-22,28H,6,11,14-20,23-25H2,1-2H3;2*1H. The molecule has 0 aliphatic carbocycles. The van der Waals surface area contributed by atoms with E-state index in [-0.39, 0.29) is 24.8 Å². The molecular weight excluding hydrogens is 511 g/mol. The van der Waals surface area contributed by atoms with Crippen LogP contribution < -0.4 is 4.74 Å². The van der Waals surface area contributed by atoms with E-state index in [1.807, 2.05) is 0 Å². The van der Waals surface area contributed by atoms with Crippen LogP contribution in [0.25, 0.3) is 0 Å². The number of fused-ring (bicyclic) bond motifs is 1. The lowest BCUT2D eigenvalue weighted by Crippen LogP contribution is -2.33. The summed E-state index contributed by atoms with van der Waals surface area (Å²) in [7, 11) is 0. The van der Waals surface area contributed by atoms with E-state index in [0.29, 0.717) is 0 Å². The molecule has 5 heteroatoms. The van der Waals surface area contributed by atoms with E-state index in [1.54, 1.807) is 0 Å². The number of hydrogen-bond acceptors (Lipinski definition) is 3. The van der Waals surface area contributed by atoms with Crippen LogP contribution in [-0.4, -0.2) is 36.0 Å². The number of hydrogen-bond donors (Lipinski definition) is 0. The zero-order valence-electron chi connectivity index (χ0n) is 23.0. The Morgan fingerprint density at radius 1 is 0.789 bits per heavy atom. The van der Waals surface area contributed by atoms with E-state index in [0.717, 1.165) is 50.9 Å². The van der Waals surface area contributed by atoms with Crippen molar-refractivity contribution in [1.29, 1.82) is 0 Å². The fourth-order valence-electron chi connectivity index (χ4n) is 5.90. The van der Waals surface area contributed by atoms with Crippen LogP contribution in [-0.2, 0) is 26.1 Å². The normalized spacial score (nSPS) is 16.6. The van der Waals surface area contributed by atoms with E-state index in [1.165, 1.54) is 72.2 Å². The molecule has 1 fully saturated rings. The highest BCUT2D eigenvalue weighted by Crippen LogP contribution is 2.27. The minimum Gasteiger partial charge on any atom is -0.494 e. The second-order valence-corrected chi connectivity index (χ2v) is 11.0. The summed E-state index contributed by atoms with van der Waals surface area (Å²) in [5.74, 6) is 1.83. The van der Waals surface area contributed by atoms with Crippen LogP contribution in [0.1, 0.15) is 59.1 Å². The van der Waals surface area contributed by atoms with Gasteiger partial charge < -0.3 is 4.74 Å². The van der Waals surface area contributed by atoms with Crippen molar-refractivity contribution in [2.24, 2.45) is 5.92 Å². The lowest BCUT2D eigenvalue weighted by Gasteiger charge is -2.32. The van der Waals surface area contributed by atoms with Crippen molar-refractivity contribution >= 4 is 24.8 Å². The van der Waals surface area contributed by atoms with Crippen LogP contribution in [0, 0.1) is 19.8 Å². The van der Waals surface area contributed by atoms with Crippen molar-refractivity contribution in [1.82, 2.24) is 9.80 Å². The maximum atomic E-state index is 6.29. The average molecular weight is 556 g/mol. The summed E-state index contributed by atoms with van der Waals surface area (Å²) in [6.45, 7) is 11.9. The van der Waals surface area contributed by atoms with Crippen molar-refractivity contribution in [2.45, 2.75) is 65.6 Å². The summed E-state index contributed by atoms with van der Waals surface area (Å²) < 4.78 is 6.29. The molecule has 3 aromatic rings. The molecule has 0 atom stereocenters. The summed E-state index contributed by atoms with van der Waals surface area (Å²) >= 11 is 0. The van der Waals surface area contributed by atoms with E-state index in [4.69, 9.17) is 4.74 Å². The summed E-state index contributed by atoms with van der Waals surface area (Å²) in [5, 5.41) is 0. The summed E-state index contributed by atoms with van der Waals surface area (Å²) in [5.41, 5.74) is 8.58. The first-order valence-electron chi connectivity index (χ1n) is 13.9. The molecule has 0 amide bonds. The second kappa shape index (κ2) is 14.9. The molecule has 206 valence electrons. The van der Waals surface area contributed by atoms with Crippen molar-refractivity contribution in [2.75, 3.05) is 26.2 Å². The highest BCUT2D eigenvalue weighted by molar-refractivity contribution is 5.85. The SMILES string of the molecule is Cc1cccc(CN2CCCc3ccc(OCCC4CCN(Cc5ccccc5C)CC4)cc3C2)c1.Cl.Cl.